The van der Waals surface area contributed by atoms with Crippen LogP contribution in [0.25, 0.3) is 0 Å². The topological polar surface area (TPSA) is 92.7 Å². The molecule has 1 aliphatic rings. The van der Waals surface area contributed by atoms with E-state index in [1.165, 1.54) is 4.90 Å². The van der Waals surface area contributed by atoms with E-state index in [2.05, 4.69) is 0 Å². The number of carbonyl (C=O) groups excluding carboxylic acids is 2. The molecule has 0 radical (unpaired) electrons. The summed E-state index contributed by atoms with van der Waals surface area (Å²) in [5.74, 6) is 0.0163. The summed E-state index contributed by atoms with van der Waals surface area (Å²) in [7, 11) is 0. The molecule has 1 fully saturated rings. The lowest BCUT2D eigenvalue weighted by molar-refractivity contribution is -0.129. The molecule has 0 aliphatic carbocycles. The number of nitrogens with zero attached hydrogens (tertiary/aromatic N) is 2. The molecule has 1 unspecified atom stereocenters. The second-order valence-corrected chi connectivity index (χ2v) is 4.94. The van der Waals surface area contributed by atoms with Crippen molar-refractivity contribution in [3.05, 3.63) is 0 Å². The maximum Gasteiger partial charge on any atom is 0.327 e. The average Bonchev–Trinajstić information content (AvgIpc) is 2.56. The largest absolute Gasteiger partial charge is 0.330 e. The Labute approximate surface area is 108 Å². The molecular weight excluding hydrogens is 232 g/mol. The van der Waals surface area contributed by atoms with Crippen LogP contribution in [-0.4, -0.2) is 54.0 Å². The summed E-state index contributed by atoms with van der Waals surface area (Å²) in [6.45, 7) is 5.87. The van der Waals surface area contributed by atoms with Crippen LogP contribution in [-0.2, 0) is 4.79 Å². The van der Waals surface area contributed by atoms with E-state index in [0.29, 0.717) is 39.0 Å². The van der Waals surface area contributed by atoms with E-state index >= 15 is 0 Å². The van der Waals surface area contributed by atoms with E-state index in [0.717, 1.165) is 0 Å². The summed E-state index contributed by atoms with van der Waals surface area (Å²) >= 11 is 0. The van der Waals surface area contributed by atoms with Crippen molar-refractivity contribution in [3.8, 4) is 0 Å². The molecule has 0 aromatic heterocycles. The van der Waals surface area contributed by atoms with Crippen molar-refractivity contribution in [1.29, 1.82) is 0 Å². The number of hydrogen-bond donors (Lipinski definition) is 2. The fourth-order valence-corrected chi connectivity index (χ4v) is 2.26. The van der Waals surface area contributed by atoms with Gasteiger partial charge in [-0.2, -0.15) is 0 Å². The Bertz CT molecular complexity index is 306. The summed E-state index contributed by atoms with van der Waals surface area (Å²) in [6, 6.07) is -0.539. The molecule has 104 valence electrons. The molecule has 0 saturated carbocycles. The molecule has 1 saturated heterocycles. The van der Waals surface area contributed by atoms with Crippen LogP contribution in [0.5, 0.6) is 0 Å². The number of carbonyl (C=O) groups is 2. The second-order valence-electron chi connectivity index (χ2n) is 4.94. The van der Waals surface area contributed by atoms with Crippen molar-refractivity contribution < 1.29 is 9.59 Å². The smallest absolute Gasteiger partial charge is 0.327 e. The standard InChI is InChI=1S/C12H24N4O2/c1-9(2)10-11(17)16(8-4-6-14)12(18)15(10)7-3-5-13/h9-10H,3-8,13-14H2,1-2H3. The zero-order valence-electron chi connectivity index (χ0n) is 11.3. The van der Waals surface area contributed by atoms with Crippen molar-refractivity contribution >= 4 is 11.9 Å². The van der Waals surface area contributed by atoms with Gasteiger partial charge in [0, 0.05) is 13.1 Å². The van der Waals surface area contributed by atoms with Gasteiger partial charge in [0.2, 0.25) is 0 Å². The predicted molar refractivity (Wildman–Crippen MR) is 69.8 cm³/mol. The van der Waals surface area contributed by atoms with E-state index in [1.807, 2.05) is 13.8 Å². The highest BCUT2D eigenvalue weighted by atomic mass is 16.2. The average molecular weight is 256 g/mol. The van der Waals surface area contributed by atoms with Crippen molar-refractivity contribution in [2.45, 2.75) is 32.7 Å². The minimum absolute atomic E-state index is 0.0968. The van der Waals surface area contributed by atoms with Gasteiger partial charge < -0.3 is 16.4 Å². The number of urea groups is 1. The first-order chi connectivity index (χ1) is 8.54. The second kappa shape index (κ2) is 6.70. The van der Waals surface area contributed by atoms with Gasteiger partial charge in [-0.3, -0.25) is 9.69 Å². The van der Waals surface area contributed by atoms with E-state index < -0.39 is 0 Å². The number of imide groups is 1. The van der Waals surface area contributed by atoms with Crippen LogP contribution >= 0.6 is 0 Å². The molecule has 0 aromatic rings. The van der Waals surface area contributed by atoms with Gasteiger partial charge in [0.25, 0.3) is 5.91 Å². The molecular formula is C12H24N4O2. The summed E-state index contributed by atoms with van der Waals surface area (Å²) in [6.07, 6.45) is 1.36. The molecule has 6 heteroatoms. The highest BCUT2D eigenvalue weighted by molar-refractivity contribution is 6.04. The van der Waals surface area contributed by atoms with Gasteiger partial charge >= 0.3 is 6.03 Å². The minimum atomic E-state index is -0.346. The Morgan fingerprint density at radius 2 is 1.67 bits per heavy atom. The van der Waals surface area contributed by atoms with Gasteiger partial charge in [-0.25, -0.2) is 4.79 Å². The maximum atomic E-state index is 12.2. The summed E-state index contributed by atoms with van der Waals surface area (Å²) in [5.41, 5.74) is 10.9. The van der Waals surface area contributed by atoms with Crippen LogP contribution in [0.3, 0.4) is 0 Å². The van der Waals surface area contributed by atoms with Crippen LogP contribution in [0.4, 0.5) is 4.79 Å². The quantitative estimate of drug-likeness (QED) is 0.626. The minimum Gasteiger partial charge on any atom is -0.330 e. The van der Waals surface area contributed by atoms with Crippen LogP contribution in [0.2, 0.25) is 0 Å². The van der Waals surface area contributed by atoms with Gasteiger partial charge in [0.05, 0.1) is 0 Å². The van der Waals surface area contributed by atoms with Crippen molar-refractivity contribution in [2.24, 2.45) is 17.4 Å². The molecule has 6 nitrogen and oxygen atoms in total. The van der Waals surface area contributed by atoms with Crippen LogP contribution in [0, 0.1) is 5.92 Å². The highest BCUT2D eigenvalue weighted by Crippen LogP contribution is 2.23. The SMILES string of the molecule is CC(C)C1C(=O)N(CCCN)C(=O)N1CCCN. The Balaban J connectivity index is 2.80. The first-order valence-corrected chi connectivity index (χ1v) is 6.56. The fourth-order valence-electron chi connectivity index (χ4n) is 2.26. The maximum absolute atomic E-state index is 12.2. The molecule has 1 rings (SSSR count). The van der Waals surface area contributed by atoms with E-state index in [-0.39, 0.29) is 23.9 Å². The summed E-state index contributed by atoms with van der Waals surface area (Å²) < 4.78 is 0. The lowest BCUT2D eigenvalue weighted by atomic mass is 10.0. The van der Waals surface area contributed by atoms with Gasteiger partial charge in [-0.05, 0) is 31.8 Å². The molecule has 0 aromatic carbocycles. The molecule has 3 amide bonds. The number of rotatable bonds is 7. The first kappa shape index (κ1) is 14.9. The van der Waals surface area contributed by atoms with Gasteiger partial charge in [-0.1, -0.05) is 13.8 Å². The zero-order chi connectivity index (χ0) is 13.7. The Morgan fingerprint density at radius 3 is 2.17 bits per heavy atom. The third-order valence-electron chi connectivity index (χ3n) is 3.15. The first-order valence-electron chi connectivity index (χ1n) is 6.56. The summed E-state index contributed by atoms with van der Waals surface area (Å²) in [4.78, 5) is 27.4. The highest BCUT2D eigenvalue weighted by Gasteiger charge is 2.45. The Morgan fingerprint density at radius 1 is 1.11 bits per heavy atom. The molecule has 0 spiro atoms. The van der Waals surface area contributed by atoms with E-state index in [4.69, 9.17) is 11.5 Å². The number of amides is 3. The molecule has 1 aliphatic heterocycles. The monoisotopic (exact) mass is 256 g/mol. The van der Waals surface area contributed by atoms with Gasteiger partial charge in [0.15, 0.2) is 0 Å². The van der Waals surface area contributed by atoms with Crippen molar-refractivity contribution in [3.63, 3.8) is 0 Å². The van der Waals surface area contributed by atoms with Crippen molar-refractivity contribution in [2.75, 3.05) is 26.2 Å². The summed E-state index contributed by atoms with van der Waals surface area (Å²) in [5, 5.41) is 0. The van der Waals surface area contributed by atoms with Crippen LogP contribution in [0.1, 0.15) is 26.7 Å². The third-order valence-corrected chi connectivity index (χ3v) is 3.15. The lowest BCUT2D eigenvalue weighted by Gasteiger charge is -2.24. The van der Waals surface area contributed by atoms with E-state index in [9.17, 15) is 9.59 Å². The molecule has 4 N–H and O–H groups in total. The predicted octanol–water partition coefficient (Wildman–Crippen LogP) is -0.0272. The Kier molecular flexibility index (Phi) is 5.55. The van der Waals surface area contributed by atoms with Crippen molar-refractivity contribution in [1.82, 2.24) is 9.80 Å². The van der Waals surface area contributed by atoms with Crippen LogP contribution in [0.15, 0.2) is 0 Å². The van der Waals surface area contributed by atoms with Crippen LogP contribution < -0.4 is 11.5 Å². The molecule has 18 heavy (non-hydrogen) atoms. The van der Waals surface area contributed by atoms with Gasteiger partial charge in [0.1, 0.15) is 6.04 Å². The molecule has 1 atom stereocenters. The number of nitrogens with two attached hydrogens (primary N) is 2. The van der Waals surface area contributed by atoms with E-state index in [1.54, 1.807) is 4.90 Å². The molecule has 1 heterocycles. The molecule has 0 bridgehead atoms. The number of hydrogen-bond acceptors (Lipinski definition) is 4. The fraction of sp³-hybridized carbons (Fsp3) is 0.833. The zero-order valence-corrected chi connectivity index (χ0v) is 11.3. The van der Waals surface area contributed by atoms with Gasteiger partial charge in [-0.15, -0.1) is 0 Å². The normalized spacial score (nSPS) is 20.4. The third kappa shape index (κ3) is 3.00. The Hall–Kier alpha value is -1.14. The lowest BCUT2D eigenvalue weighted by Crippen LogP contribution is -2.40.